The summed E-state index contributed by atoms with van der Waals surface area (Å²) in [6.07, 6.45) is 0. The molecule has 0 saturated heterocycles. The van der Waals surface area contributed by atoms with Crippen molar-refractivity contribution in [2.45, 2.75) is 32.6 Å². The Morgan fingerprint density at radius 2 is 1.95 bits per heavy atom. The minimum Gasteiger partial charge on any atom is -0.352 e. The summed E-state index contributed by atoms with van der Waals surface area (Å²) in [5.41, 5.74) is -0.192. The minimum atomic E-state index is -4.01. The van der Waals surface area contributed by atoms with E-state index in [4.69, 9.17) is 10.7 Å². The largest absolute Gasteiger partial charge is 0.352 e. The molecule has 1 aromatic rings. The Morgan fingerprint density at radius 3 is 2.38 bits per heavy atom. The first-order chi connectivity index (χ1) is 9.43. The second-order valence-corrected chi connectivity index (χ2v) is 8.62. The normalized spacial score (nSPS) is 13.8. The molecule has 4 nitrogen and oxygen atoms in total. The van der Waals surface area contributed by atoms with Gasteiger partial charge in [0.15, 0.2) is 0 Å². The van der Waals surface area contributed by atoms with Crippen LogP contribution in [0.25, 0.3) is 0 Å². The van der Waals surface area contributed by atoms with Crippen LogP contribution in [0.1, 0.15) is 38.1 Å². The molecule has 0 saturated carbocycles. The highest BCUT2D eigenvalue weighted by Gasteiger charge is 2.22. The highest BCUT2D eigenvalue weighted by molar-refractivity contribution is 8.13. The molecule has 0 aliphatic heterocycles. The highest BCUT2D eigenvalue weighted by atomic mass is 35.7. The van der Waals surface area contributed by atoms with Gasteiger partial charge in [0.1, 0.15) is 5.82 Å². The Balaban J connectivity index is 2.85. The SMILES string of the molecule is CC(CNC(=O)c1ccc(S(=O)(=O)Cl)cc1F)C(C)(C)C. The van der Waals surface area contributed by atoms with Crippen molar-refractivity contribution in [2.75, 3.05) is 6.54 Å². The van der Waals surface area contributed by atoms with Gasteiger partial charge in [0.2, 0.25) is 0 Å². The summed E-state index contributed by atoms with van der Waals surface area (Å²) in [4.78, 5) is 11.6. The Hall–Kier alpha value is -1.14. The third-order valence-corrected chi connectivity index (χ3v) is 4.87. The van der Waals surface area contributed by atoms with Crippen LogP contribution in [0, 0.1) is 17.2 Å². The lowest BCUT2D eigenvalue weighted by Gasteiger charge is -2.27. The van der Waals surface area contributed by atoms with Crippen molar-refractivity contribution >= 4 is 25.6 Å². The molecule has 1 rings (SSSR count). The van der Waals surface area contributed by atoms with E-state index in [2.05, 4.69) is 5.32 Å². The topological polar surface area (TPSA) is 63.2 Å². The molecule has 1 amide bonds. The van der Waals surface area contributed by atoms with Gasteiger partial charge in [0.05, 0.1) is 10.5 Å². The van der Waals surface area contributed by atoms with Crippen LogP contribution in [0.15, 0.2) is 23.1 Å². The van der Waals surface area contributed by atoms with Gasteiger partial charge in [-0.25, -0.2) is 12.8 Å². The molecule has 21 heavy (non-hydrogen) atoms. The maximum absolute atomic E-state index is 13.8. The molecule has 0 aliphatic rings. The Kier molecular flexibility index (Phi) is 5.39. The molecule has 0 fully saturated rings. The van der Waals surface area contributed by atoms with Crippen LogP contribution in [-0.4, -0.2) is 20.9 Å². The zero-order valence-electron chi connectivity index (χ0n) is 12.4. The molecular formula is C14H19ClFNO3S. The summed E-state index contributed by atoms with van der Waals surface area (Å²) in [5, 5.41) is 2.64. The van der Waals surface area contributed by atoms with Crippen LogP contribution >= 0.6 is 10.7 Å². The molecule has 0 radical (unpaired) electrons. The summed E-state index contributed by atoms with van der Waals surface area (Å²) >= 11 is 0. The van der Waals surface area contributed by atoms with E-state index in [1.165, 1.54) is 0 Å². The summed E-state index contributed by atoms with van der Waals surface area (Å²) in [6.45, 7) is 8.52. The van der Waals surface area contributed by atoms with Crippen molar-refractivity contribution in [3.63, 3.8) is 0 Å². The number of hydrogen-bond acceptors (Lipinski definition) is 3. The fourth-order valence-electron chi connectivity index (χ4n) is 1.48. The van der Waals surface area contributed by atoms with Gasteiger partial charge >= 0.3 is 0 Å². The molecule has 1 aromatic carbocycles. The van der Waals surface area contributed by atoms with Crippen molar-refractivity contribution in [3.05, 3.63) is 29.6 Å². The number of amides is 1. The van der Waals surface area contributed by atoms with Crippen LogP contribution < -0.4 is 5.32 Å². The molecule has 0 bridgehead atoms. The van der Waals surface area contributed by atoms with Gasteiger partial charge in [-0.1, -0.05) is 27.7 Å². The van der Waals surface area contributed by atoms with Crippen LogP contribution in [0.5, 0.6) is 0 Å². The maximum Gasteiger partial charge on any atom is 0.261 e. The molecule has 0 spiro atoms. The second-order valence-electron chi connectivity index (χ2n) is 6.06. The smallest absolute Gasteiger partial charge is 0.261 e. The average Bonchev–Trinajstić information content (AvgIpc) is 2.33. The Morgan fingerprint density at radius 1 is 1.38 bits per heavy atom. The molecule has 1 N–H and O–H groups in total. The van der Waals surface area contributed by atoms with E-state index in [0.717, 1.165) is 18.2 Å². The van der Waals surface area contributed by atoms with Crippen molar-refractivity contribution < 1.29 is 17.6 Å². The quantitative estimate of drug-likeness (QED) is 0.860. The molecule has 0 aromatic heterocycles. The average molecular weight is 336 g/mol. The predicted molar refractivity (Wildman–Crippen MR) is 80.4 cm³/mol. The first-order valence-corrected chi connectivity index (χ1v) is 8.76. The summed E-state index contributed by atoms with van der Waals surface area (Å²) < 4.78 is 36.0. The molecular weight excluding hydrogens is 317 g/mol. The van der Waals surface area contributed by atoms with Crippen molar-refractivity contribution in [2.24, 2.45) is 11.3 Å². The monoisotopic (exact) mass is 335 g/mol. The van der Waals surface area contributed by atoms with Crippen LogP contribution in [0.3, 0.4) is 0 Å². The Bertz CT molecular complexity index is 638. The van der Waals surface area contributed by atoms with E-state index in [-0.39, 0.29) is 21.8 Å². The van der Waals surface area contributed by atoms with Gasteiger partial charge in [-0.15, -0.1) is 0 Å². The predicted octanol–water partition coefficient (Wildman–Crippen LogP) is 3.17. The summed E-state index contributed by atoms with van der Waals surface area (Å²) in [6, 6.07) is 2.96. The zero-order chi connectivity index (χ0) is 16.4. The Labute approximate surface area is 129 Å². The first-order valence-electron chi connectivity index (χ1n) is 6.45. The van der Waals surface area contributed by atoms with Gasteiger partial charge in [-0.05, 0) is 29.5 Å². The molecule has 0 aliphatic carbocycles. The number of carbonyl (C=O) groups excluding carboxylic acids is 1. The van der Waals surface area contributed by atoms with E-state index in [0.29, 0.717) is 6.54 Å². The van der Waals surface area contributed by atoms with Gasteiger partial charge in [-0.3, -0.25) is 4.79 Å². The fourth-order valence-corrected chi connectivity index (χ4v) is 2.24. The van der Waals surface area contributed by atoms with Gasteiger partial charge in [-0.2, -0.15) is 0 Å². The number of halogens is 2. The number of rotatable bonds is 4. The first kappa shape index (κ1) is 17.9. The van der Waals surface area contributed by atoms with Gasteiger partial charge in [0, 0.05) is 17.2 Å². The fraction of sp³-hybridized carbons (Fsp3) is 0.500. The second kappa shape index (κ2) is 6.32. The highest BCUT2D eigenvalue weighted by Crippen LogP contribution is 2.24. The standard InChI is InChI=1S/C14H19ClFNO3S/c1-9(14(2,3)4)8-17-13(18)11-6-5-10(7-12(11)16)21(15,19)20/h5-7,9H,8H2,1-4H3,(H,17,18). The van der Waals surface area contributed by atoms with Crippen molar-refractivity contribution in [1.29, 1.82) is 0 Å². The van der Waals surface area contributed by atoms with E-state index >= 15 is 0 Å². The molecule has 0 heterocycles. The van der Waals surface area contributed by atoms with E-state index in [9.17, 15) is 17.6 Å². The molecule has 118 valence electrons. The lowest BCUT2D eigenvalue weighted by molar-refractivity contribution is 0.0933. The van der Waals surface area contributed by atoms with E-state index < -0.39 is 20.8 Å². The third-order valence-electron chi connectivity index (χ3n) is 3.51. The number of nitrogens with one attached hydrogen (secondary N) is 1. The van der Waals surface area contributed by atoms with E-state index in [1.807, 2.05) is 27.7 Å². The van der Waals surface area contributed by atoms with Gasteiger partial charge in [0.25, 0.3) is 15.0 Å². The minimum absolute atomic E-state index is 0.0163. The van der Waals surface area contributed by atoms with Gasteiger partial charge < -0.3 is 5.32 Å². The number of benzene rings is 1. The summed E-state index contributed by atoms with van der Waals surface area (Å²) in [7, 11) is 1.11. The molecule has 1 unspecified atom stereocenters. The lowest BCUT2D eigenvalue weighted by Crippen LogP contribution is -2.34. The van der Waals surface area contributed by atoms with Crippen LogP contribution in [0.4, 0.5) is 4.39 Å². The van der Waals surface area contributed by atoms with Crippen molar-refractivity contribution in [3.8, 4) is 0 Å². The number of hydrogen-bond donors (Lipinski definition) is 1. The summed E-state index contributed by atoms with van der Waals surface area (Å²) in [5.74, 6) is -1.30. The van der Waals surface area contributed by atoms with Crippen molar-refractivity contribution in [1.82, 2.24) is 5.32 Å². The lowest BCUT2D eigenvalue weighted by atomic mass is 9.82. The van der Waals surface area contributed by atoms with Crippen LogP contribution in [0.2, 0.25) is 0 Å². The molecule has 1 atom stereocenters. The zero-order valence-corrected chi connectivity index (χ0v) is 14.0. The van der Waals surface area contributed by atoms with E-state index in [1.54, 1.807) is 0 Å². The maximum atomic E-state index is 13.8. The molecule has 7 heteroatoms. The number of carbonyl (C=O) groups is 1. The van der Waals surface area contributed by atoms with Crippen LogP contribution in [-0.2, 0) is 9.05 Å². The third kappa shape index (κ3) is 4.97.